The van der Waals surface area contributed by atoms with Crippen LogP contribution in [0.2, 0.25) is 0 Å². The quantitative estimate of drug-likeness (QED) is 0.169. The van der Waals surface area contributed by atoms with Gasteiger partial charge in [-0.2, -0.15) is 0 Å². The van der Waals surface area contributed by atoms with Crippen LogP contribution in [0.15, 0.2) is 188 Å². The number of rotatable bonds is 3. The van der Waals surface area contributed by atoms with Gasteiger partial charge in [0.15, 0.2) is 0 Å². The molecule has 1 nitrogen and oxygen atoms in total. The molecule has 0 fully saturated rings. The normalized spacial score (nSPS) is 11.9. The molecule has 0 N–H and O–H groups in total. The van der Waals surface area contributed by atoms with Crippen LogP contribution in [0.1, 0.15) is 0 Å². The van der Waals surface area contributed by atoms with Crippen LogP contribution in [0, 0.1) is 0 Å². The zero-order valence-electron chi connectivity index (χ0n) is 27.8. The smallest absolute Gasteiger partial charge is 0.0619 e. The van der Waals surface area contributed by atoms with Crippen molar-refractivity contribution in [2.75, 3.05) is 0 Å². The van der Waals surface area contributed by atoms with Crippen molar-refractivity contribution in [3.05, 3.63) is 188 Å². The maximum Gasteiger partial charge on any atom is 0.0619 e. The largest absolute Gasteiger partial charge is 0.309 e. The van der Waals surface area contributed by atoms with E-state index in [1.54, 1.807) is 0 Å². The molecule has 1 heterocycles. The number of hydrogen-bond donors (Lipinski definition) is 0. The predicted octanol–water partition coefficient (Wildman–Crippen LogP) is 13.9. The summed E-state index contributed by atoms with van der Waals surface area (Å²) in [5.74, 6) is 0. The molecule has 236 valence electrons. The van der Waals surface area contributed by atoms with E-state index in [9.17, 15) is 0 Å². The van der Waals surface area contributed by atoms with Crippen LogP contribution in [0.5, 0.6) is 0 Å². The Morgan fingerprint density at radius 2 is 0.804 bits per heavy atom. The molecule has 0 aliphatic heterocycles. The van der Waals surface area contributed by atoms with E-state index in [4.69, 9.17) is 0 Å². The summed E-state index contributed by atoms with van der Waals surface area (Å²) < 4.78 is 2.50. The minimum Gasteiger partial charge on any atom is -0.309 e. The fourth-order valence-electron chi connectivity index (χ4n) is 8.71. The first-order valence-corrected chi connectivity index (χ1v) is 17.7. The van der Waals surface area contributed by atoms with Crippen molar-refractivity contribution in [1.29, 1.82) is 0 Å². The predicted molar refractivity (Wildman–Crippen MR) is 219 cm³/mol. The first-order chi connectivity index (χ1) is 25.3. The first-order valence-electron chi connectivity index (χ1n) is 17.7. The van der Waals surface area contributed by atoms with Gasteiger partial charge in [-0.1, -0.05) is 164 Å². The van der Waals surface area contributed by atoms with Gasteiger partial charge in [-0.25, -0.2) is 0 Å². The topological polar surface area (TPSA) is 4.93 Å². The second kappa shape index (κ2) is 10.9. The molecule has 51 heavy (non-hydrogen) atoms. The van der Waals surface area contributed by atoms with Crippen molar-refractivity contribution in [1.82, 2.24) is 4.57 Å². The molecule has 0 radical (unpaired) electrons. The minimum atomic E-state index is 1.16. The Bertz CT molecular complexity index is 3140. The molecule has 1 aromatic heterocycles. The lowest BCUT2D eigenvalue weighted by Gasteiger charge is -2.19. The molecular weight excluding hydrogens is 615 g/mol. The highest BCUT2D eigenvalue weighted by Crippen LogP contribution is 2.45. The van der Waals surface area contributed by atoms with E-state index in [0.29, 0.717) is 0 Å². The zero-order chi connectivity index (χ0) is 33.5. The molecule has 1 heteroatoms. The van der Waals surface area contributed by atoms with E-state index in [0.717, 1.165) is 5.69 Å². The van der Waals surface area contributed by atoms with Gasteiger partial charge in [0.25, 0.3) is 0 Å². The Morgan fingerprint density at radius 3 is 1.49 bits per heavy atom. The highest BCUT2D eigenvalue weighted by molar-refractivity contribution is 6.26. The van der Waals surface area contributed by atoms with Gasteiger partial charge >= 0.3 is 0 Å². The van der Waals surface area contributed by atoms with Gasteiger partial charge in [-0.05, 0) is 95.0 Å². The van der Waals surface area contributed by atoms with Crippen LogP contribution in [0.4, 0.5) is 0 Å². The molecule has 0 atom stereocenters. The van der Waals surface area contributed by atoms with Crippen LogP contribution in [-0.4, -0.2) is 4.57 Å². The van der Waals surface area contributed by atoms with Crippen molar-refractivity contribution < 1.29 is 0 Å². The van der Waals surface area contributed by atoms with Gasteiger partial charge in [0.1, 0.15) is 0 Å². The van der Waals surface area contributed by atoms with Crippen LogP contribution in [0.3, 0.4) is 0 Å². The van der Waals surface area contributed by atoms with Crippen LogP contribution >= 0.6 is 0 Å². The minimum absolute atomic E-state index is 1.16. The van der Waals surface area contributed by atoms with Gasteiger partial charge in [0.2, 0.25) is 0 Å². The molecule has 11 aromatic rings. The molecule has 11 rings (SSSR count). The van der Waals surface area contributed by atoms with Crippen molar-refractivity contribution >= 4 is 75.7 Å². The van der Waals surface area contributed by atoms with Gasteiger partial charge in [0.05, 0.1) is 11.0 Å². The number of nitrogens with zero attached hydrogens (tertiary/aromatic N) is 1. The zero-order valence-corrected chi connectivity index (χ0v) is 27.8. The van der Waals surface area contributed by atoms with E-state index >= 15 is 0 Å². The molecule has 0 saturated carbocycles. The number of aromatic nitrogens is 1. The van der Waals surface area contributed by atoms with Crippen molar-refractivity contribution in [2.45, 2.75) is 0 Å². The summed E-state index contributed by atoms with van der Waals surface area (Å²) >= 11 is 0. The monoisotopic (exact) mass is 645 g/mol. The second-order valence-electron chi connectivity index (χ2n) is 13.7. The van der Waals surface area contributed by atoms with Crippen molar-refractivity contribution in [3.63, 3.8) is 0 Å². The number of benzene rings is 10. The fraction of sp³-hybridized carbons (Fsp3) is 0. The Kier molecular flexibility index (Phi) is 6.02. The molecule has 0 unspecified atom stereocenters. The third kappa shape index (κ3) is 4.16. The maximum absolute atomic E-state index is 2.50. The van der Waals surface area contributed by atoms with Gasteiger partial charge in [0, 0.05) is 21.8 Å². The summed E-state index contributed by atoms with van der Waals surface area (Å²) in [6.07, 6.45) is 0. The van der Waals surface area contributed by atoms with E-state index in [1.165, 1.54) is 97.9 Å². The molecule has 0 spiro atoms. The summed E-state index contributed by atoms with van der Waals surface area (Å²) in [6, 6.07) is 69.3. The SMILES string of the molecule is c1cc(-c2c3ccccc3c(-c3ccc4ccccc4c3)c3ccccc23)cc(-n2c3ccc4ccccc4c3c3ccc4ccccc4c32)c1. The Morgan fingerprint density at radius 1 is 0.294 bits per heavy atom. The summed E-state index contributed by atoms with van der Waals surface area (Å²) in [4.78, 5) is 0. The molecule has 0 aliphatic rings. The van der Waals surface area contributed by atoms with Crippen molar-refractivity contribution in [2.24, 2.45) is 0 Å². The third-order valence-corrected chi connectivity index (χ3v) is 10.9. The van der Waals surface area contributed by atoms with Gasteiger partial charge < -0.3 is 4.57 Å². The fourth-order valence-corrected chi connectivity index (χ4v) is 8.71. The van der Waals surface area contributed by atoms with E-state index < -0.39 is 0 Å². The van der Waals surface area contributed by atoms with Gasteiger partial charge in [-0.15, -0.1) is 0 Å². The van der Waals surface area contributed by atoms with Crippen LogP contribution < -0.4 is 0 Å². The number of hydrogen-bond acceptors (Lipinski definition) is 0. The Balaban J connectivity index is 1.22. The average molecular weight is 646 g/mol. The average Bonchev–Trinajstić information content (AvgIpc) is 3.55. The highest BCUT2D eigenvalue weighted by atomic mass is 15.0. The summed E-state index contributed by atoms with van der Waals surface area (Å²) in [5, 5.41) is 15.2. The van der Waals surface area contributed by atoms with E-state index in [-0.39, 0.29) is 0 Å². The third-order valence-electron chi connectivity index (χ3n) is 10.9. The molecule has 10 aromatic carbocycles. The lowest BCUT2D eigenvalue weighted by atomic mass is 9.85. The molecule has 0 amide bonds. The maximum atomic E-state index is 2.50. The second-order valence-corrected chi connectivity index (χ2v) is 13.7. The number of fused-ring (bicyclic) bond motifs is 10. The molecule has 0 bridgehead atoms. The molecule has 0 aliphatic carbocycles. The Labute approximate surface area is 295 Å². The van der Waals surface area contributed by atoms with Gasteiger partial charge in [-0.3, -0.25) is 0 Å². The van der Waals surface area contributed by atoms with Crippen LogP contribution in [0.25, 0.3) is 104 Å². The standard InChI is InChI=1S/C50H31N/c1-2-15-35-30-37(25-24-32(35)12-1)48-43-22-9-7-20-41(43)47(42-21-8-10-23-44(42)48)36-16-11-17-38(31-36)51-46-29-27-33-13-3-5-18-39(33)49(46)45-28-26-34-14-4-6-19-40(34)50(45)51/h1-31H. The summed E-state index contributed by atoms with van der Waals surface area (Å²) in [5.41, 5.74) is 8.63. The lowest BCUT2D eigenvalue weighted by Crippen LogP contribution is -1.96. The summed E-state index contributed by atoms with van der Waals surface area (Å²) in [7, 11) is 0. The first kappa shape index (κ1) is 28.2. The summed E-state index contributed by atoms with van der Waals surface area (Å²) in [6.45, 7) is 0. The van der Waals surface area contributed by atoms with Crippen LogP contribution in [-0.2, 0) is 0 Å². The molecular formula is C50H31N. The van der Waals surface area contributed by atoms with E-state index in [1.807, 2.05) is 0 Å². The van der Waals surface area contributed by atoms with Crippen molar-refractivity contribution in [3.8, 4) is 27.9 Å². The highest BCUT2D eigenvalue weighted by Gasteiger charge is 2.20. The lowest BCUT2D eigenvalue weighted by molar-refractivity contribution is 1.19. The Hall–Kier alpha value is -6.70. The molecule has 0 saturated heterocycles. The van der Waals surface area contributed by atoms with E-state index in [2.05, 4.69) is 193 Å².